The Hall–Kier alpha value is -2.23. The van der Waals surface area contributed by atoms with Gasteiger partial charge in [-0.25, -0.2) is 9.89 Å². The van der Waals surface area contributed by atoms with Crippen LogP contribution in [-0.4, -0.2) is 88.6 Å². The standard InChI is InChI=1S/C16H23N5O4/c1-19-3-5-20(6-4-19)7-11(22)8-21-9-12-14(17-18-15(12)23)13(10-21)16(24)25-2/h9-11,22H,3-8H2,1-2H3,(H,18,23)/t11-/m1/s1. The molecule has 136 valence electrons. The number of β-amino-alcohol motifs (C(OH)–C–C–N with tert-alkyl or cyclic N) is 1. The lowest BCUT2D eigenvalue weighted by molar-refractivity contribution is 0.0596. The number of ether oxygens (including phenoxy) is 1. The van der Waals surface area contributed by atoms with Crippen LogP contribution in [0.3, 0.4) is 0 Å². The van der Waals surface area contributed by atoms with Crippen molar-refractivity contribution in [3.8, 4) is 11.3 Å². The molecule has 0 aromatic rings. The maximum Gasteiger partial charge on any atom is 0.341 e. The summed E-state index contributed by atoms with van der Waals surface area (Å²) >= 11 is 0. The van der Waals surface area contributed by atoms with E-state index in [-0.39, 0.29) is 23.4 Å². The fourth-order valence-corrected chi connectivity index (χ4v) is 3.08. The highest BCUT2D eigenvalue weighted by molar-refractivity contribution is 5.95. The smallest absolute Gasteiger partial charge is 0.341 e. The van der Waals surface area contributed by atoms with E-state index >= 15 is 0 Å². The van der Waals surface area contributed by atoms with Gasteiger partial charge in [0.25, 0.3) is 5.56 Å². The Balaban J connectivity index is 1.76. The fourth-order valence-electron chi connectivity index (χ4n) is 3.08. The molecule has 3 rings (SSSR count). The first-order valence-corrected chi connectivity index (χ1v) is 8.23. The summed E-state index contributed by atoms with van der Waals surface area (Å²) in [4.78, 5) is 28.3. The van der Waals surface area contributed by atoms with Crippen molar-refractivity contribution in [3.05, 3.63) is 28.3 Å². The molecule has 0 amide bonds. The molecule has 1 atom stereocenters. The molecular formula is C16H23N5O4. The molecule has 0 spiro atoms. The van der Waals surface area contributed by atoms with Gasteiger partial charge in [0.05, 0.1) is 18.8 Å². The molecule has 1 fully saturated rings. The number of esters is 1. The van der Waals surface area contributed by atoms with E-state index in [1.165, 1.54) is 7.11 Å². The molecule has 0 radical (unpaired) electrons. The molecule has 1 saturated heterocycles. The van der Waals surface area contributed by atoms with Gasteiger partial charge in [-0.3, -0.25) is 9.69 Å². The second-order valence-electron chi connectivity index (χ2n) is 6.43. The van der Waals surface area contributed by atoms with E-state index in [0.29, 0.717) is 12.1 Å². The normalized spacial score (nSPS) is 17.7. The zero-order valence-corrected chi connectivity index (χ0v) is 14.4. The van der Waals surface area contributed by atoms with Crippen LogP contribution in [0.25, 0.3) is 11.3 Å². The van der Waals surface area contributed by atoms with Crippen LogP contribution in [0.4, 0.5) is 0 Å². The van der Waals surface area contributed by atoms with Gasteiger partial charge in [0.1, 0.15) is 11.3 Å². The number of carbonyl (C=O) groups excluding carboxylic acids is 1. The third-order valence-corrected chi connectivity index (χ3v) is 4.51. The van der Waals surface area contributed by atoms with Crippen molar-refractivity contribution in [2.45, 2.75) is 12.6 Å². The van der Waals surface area contributed by atoms with Crippen LogP contribution in [0.5, 0.6) is 0 Å². The van der Waals surface area contributed by atoms with Crippen LogP contribution in [0.1, 0.15) is 10.4 Å². The van der Waals surface area contributed by atoms with Gasteiger partial charge in [0.15, 0.2) is 0 Å². The van der Waals surface area contributed by atoms with E-state index in [1.54, 1.807) is 17.0 Å². The Kier molecular flexibility index (Phi) is 5.16. The predicted octanol–water partition coefficient (Wildman–Crippen LogP) is -0.929. The minimum absolute atomic E-state index is 0.199. The minimum atomic E-state index is -0.613. The number of nitrogens with one attached hydrogen (secondary N) is 1. The molecular weight excluding hydrogens is 326 g/mol. The van der Waals surface area contributed by atoms with Crippen molar-refractivity contribution in [1.29, 1.82) is 0 Å². The molecule has 0 bridgehead atoms. The number of pyridine rings is 1. The van der Waals surface area contributed by atoms with Gasteiger partial charge in [-0.05, 0) is 7.05 Å². The summed E-state index contributed by atoms with van der Waals surface area (Å²) in [5.41, 5.74) is 0.407. The number of aliphatic hydroxyl groups is 1. The van der Waals surface area contributed by atoms with E-state index in [1.807, 2.05) is 0 Å². The summed E-state index contributed by atoms with van der Waals surface area (Å²) in [6.07, 6.45) is 2.54. The van der Waals surface area contributed by atoms with Crippen LogP contribution in [-0.2, 0) is 11.3 Å². The number of aromatic amines is 1. The number of hydrogen-bond acceptors (Lipinski definition) is 7. The van der Waals surface area contributed by atoms with Gasteiger partial charge in [0.2, 0.25) is 0 Å². The average Bonchev–Trinajstić information content (AvgIpc) is 2.97. The second kappa shape index (κ2) is 7.34. The first-order chi connectivity index (χ1) is 12.0. The summed E-state index contributed by atoms with van der Waals surface area (Å²) in [6, 6.07) is 0. The SMILES string of the molecule is COC(=O)c1cn(C[C@H](O)CN2CCN(C)CC2)cc2c(=O)[nH]nc1-2. The monoisotopic (exact) mass is 349 g/mol. The van der Waals surface area contributed by atoms with Crippen molar-refractivity contribution in [2.75, 3.05) is 46.9 Å². The zero-order chi connectivity index (χ0) is 18.0. The number of hydrogen-bond donors (Lipinski definition) is 2. The molecule has 0 unspecified atom stereocenters. The van der Waals surface area contributed by atoms with E-state index in [0.717, 1.165) is 26.2 Å². The maximum atomic E-state index is 12.0. The lowest BCUT2D eigenvalue weighted by Gasteiger charge is -2.33. The van der Waals surface area contributed by atoms with Crippen LogP contribution in [0.15, 0.2) is 17.2 Å². The number of methoxy groups -OCH3 is 1. The topological polar surface area (TPSA) is 104 Å². The van der Waals surface area contributed by atoms with Crippen LogP contribution < -0.4 is 5.56 Å². The van der Waals surface area contributed by atoms with Crippen molar-refractivity contribution in [2.24, 2.45) is 0 Å². The molecule has 9 nitrogen and oxygen atoms in total. The summed E-state index contributed by atoms with van der Waals surface area (Å²) in [7, 11) is 3.36. The average molecular weight is 349 g/mol. The first-order valence-electron chi connectivity index (χ1n) is 8.23. The Morgan fingerprint density at radius 2 is 2.04 bits per heavy atom. The number of aromatic nitrogens is 3. The number of fused-ring (bicyclic) bond motifs is 1. The summed E-state index contributed by atoms with van der Waals surface area (Å²) in [5.74, 6) is -0.570. The molecule has 3 aliphatic heterocycles. The second-order valence-corrected chi connectivity index (χ2v) is 6.43. The highest BCUT2D eigenvalue weighted by atomic mass is 16.5. The number of H-pyrrole nitrogens is 1. The van der Waals surface area contributed by atoms with Crippen molar-refractivity contribution < 1.29 is 14.6 Å². The predicted molar refractivity (Wildman–Crippen MR) is 90.8 cm³/mol. The van der Waals surface area contributed by atoms with E-state index in [2.05, 4.69) is 27.0 Å². The van der Waals surface area contributed by atoms with Crippen molar-refractivity contribution in [3.63, 3.8) is 0 Å². The van der Waals surface area contributed by atoms with Gasteiger partial charge in [-0.2, -0.15) is 5.10 Å². The summed E-state index contributed by atoms with van der Waals surface area (Å²) in [6.45, 7) is 4.60. The van der Waals surface area contributed by atoms with Crippen LogP contribution >= 0.6 is 0 Å². The molecule has 0 aromatic carbocycles. The maximum absolute atomic E-state index is 12.0. The van der Waals surface area contributed by atoms with Gasteiger partial charge in [0, 0.05) is 51.7 Å². The quantitative estimate of drug-likeness (QED) is 0.672. The highest BCUT2D eigenvalue weighted by Crippen LogP contribution is 2.20. The van der Waals surface area contributed by atoms with Gasteiger partial charge < -0.3 is 19.3 Å². The number of carbonyl (C=O) groups is 1. The van der Waals surface area contributed by atoms with Crippen molar-refractivity contribution in [1.82, 2.24) is 24.6 Å². The first kappa shape index (κ1) is 17.6. The Morgan fingerprint density at radius 3 is 2.72 bits per heavy atom. The number of likely N-dealkylation sites (N-methyl/N-ethyl adjacent to an activating group) is 1. The molecule has 0 aromatic heterocycles. The number of aliphatic hydroxyl groups excluding tert-OH is 1. The highest BCUT2D eigenvalue weighted by Gasteiger charge is 2.23. The molecule has 0 aliphatic carbocycles. The third-order valence-electron chi connectivity index (χ3n) is 4.51. The van der Waals surface area contributed by atoms with E-state index in [4.69, 9.17) is 4.74 Å². The third kappa shape index (κ3) is 3.89. The largest absolute Gasteiger partial charge is 0.465 e. The fraction of sp³-hybridized carbons (Fsp3) is 0.562. The molecule has 9 heteroatoms. The lowest BCUT2D eigenvalue weighted by Crippen LogP contribution is -2.47. The molecule has 3 aliphatic rings. The Labute approximate surface area is 145 Å². The van der Waals surface area contributed by atoms with E-state index < -0.39 is 12.1 Å². The Morgan fingerprint density at radius 1 is 1.32 bits per heavy atom. The van der Waals surface area contributed by atoms with E-state index in [9.17, 15) is 14.7 Å². The number of piperazine rings is 1. The summed E-state index contributed by atoms with van der Waals surface area (Å²) < 4.78 is 6.41. The van der Waals surface area contributed by atoms with Gasteiger partial charge in [-0.15, -0.1) is 0 Å². The van der Waals surface area contributed by atoms with Gasteiger partial charge >= 0.3 is 5.97 Å². The number of nitrogens with zero attached hydrogens (tertiary/aromatic N) is 4. The molecule has 3 heterocycles. The number of rotatable bonds is 5. The summed E-state index contributed by atoms with van der Waals surface area (Å²) in [5, 5.41) is 16.6. The van der Waals surface area contributed by atoms with Gasteiger partial charge in [-0.1, -0.05) is 0 Å². The molecule has 0 saturated carbocycles. The molecule has 25 heavy (non-hydrogen) atoms. The minimum Gasteiger partial charge on any atom is -0.465 e. The van der Waals surface area contributed by atoms with Crippen LogP contribution in [0.2, 0.25) is 0 Å². The molecule has 2 N–H and O–H groups in total. The zero-order valence-electron chi connectivity index (χ0n) is 14.4. The van der Waals surface area contributed by atoms with Crippen LogP contribution in [0, 0.1) is 0 Å². The Bertz CT molecular complexity index is 762. The lowest BCUT2D eigenvalue weighted by atomic mass is 10.1. The van der Waals surface area contributed by atoms with Crippen molar-refractivity contribution >= 4 is 5.97 Å².